The summed E-state index contributed by atoms with van der Waals surface area (Å²) >= 11 is 3.29. The van der Waals surface area contributed by atoms with Gasteiger partial charge in [0.25, 0.3) is 0 Å². The molecule has 3 aromatic heterocycles. The van der Waals surface area contributed by atoms with E-state index < -0.39 is 0 Å². The molecule has 0 aliphatic carbocycles. The van der Waals surface area contributed by atoms with Crippen LogP contribution in [0.25, 0.3) is 21.5 Å². The Morgan fingerprint density at radius 3 is 2.74 bits per heavy atom. The molecule has 3 aromatic rings. The molecule has 5 rings (SSSR count). The maximum Gasteiger partial charge on any atom is 0.237 e. The molecule has 9 nitrogen and oxygen atoms in total. The SMILES string of the molecule is COc1ncc(-c2nc(N3CCOCC3)nc3c(CN4CCNCC4)c(C)sc23)cc1NSC. The van der Waals surface area contributed by atoms with E-state index in [0.717, 1.165) is 78.9 Å². The molecule has 0 amide bonds. The van der Waals surface area contributed by atoms with Gasteiger partial charge in [0.15, 0.2) is 0 Å². The van der Waals surface area contributed by atoms with Crippen LogP contribution >= 0.6 is 23.3 Å². The van der Waals surface area contributed by atoms with Crippen molar-refractivity contribution in [2.75, 3.05) is 75.5 Å². The van der Waals surface area contributed by atoms with E-state index in [1.807, 2.05) is 12.5 Å². The summed E-state index contributed by atoms with van der Waals surface area (Å²) in [6, 6.07) is 2.07. The number of hydrogen-bond donors (Lipinski definition) is 2. The zero-order valence-electron chi connectivity index (χ0n) is 19.9. The molecular formula is C23H31N7O2S2. The molecule has 34 heavy (non-hydrogen) atoms. The van der Waals surface area contributed by atoms with E-state index in [9.17, 15) is 0 Å². The molecule has 0 bridgehead atoms. The average Bonchev–Trinajstić information content (AvgIpc) is 3.19. The van der Waals surface area contributed by atoms with Crippen LogP contribution in [0.2, 0.25) is 0 Å². The Morgan fingerprint density at radius 2 is 2.00 bits per heavy atom. The van der Waals surface area contributed by atoms with Gasteiger partial charge in [0.2, 0.25) is 11.8 Å². The molecule has 182 valence electrons. The van der Waals surface area contributed by atoms with E-state index in [2.05, 4.69) is 37.8 Å². The second-order valence-electron chi connectivity index (χ2n) is 8.40. The fourth-order valence-electron chi connectivity index (χ4n) is 4.43. The lowest BCUT2D eigenvalue weighted by atomic mass is 10.1. The molecule has 0 unspecified atom stereocenters. The summed E-state index contributed by atoms with van der Waals surface area (Å²) in [4.78, 5) is 20.8. The first-order valence-corrected chi connectivity index (χ1v) is 13.6. The number of fused-ring (bicyclic) bond motifs is 1. The van der Waals surface area contributed by atoms with Gasteiger partial charge >= 0.3 is 0 Å². The molecule has 2 N–H and O–H groups in total. The molecule has 11 heteroatoms. The van der Waals surface area contributed by atoms with Crippen LogP contribution in [0.3, 0.4) is 0 Å². The van der Waals surface area contributed by atoms with Crippen LogP contribution in [0.1, 0.15) is 10.4 Å². The number of ether oxygens (including phenoxy) is 2. The first-order chi connectivity index (χ1) is 16.7. The highest BCUT2D eigenvalue weighted by atomic mass is 32.2. The molecule has 2 aliphatic rings. The van der Waals surface area contributed by atoms with Gasteiger partial charge in [0, 0.05) is 74.3 Å². The van der Waals surface area contributed by atoms with Crippen LogP contribution in [0.4, 0.5) is 11.6 Å². The number of nitrogens with one attached hydrogen (secondary N) is 2. The minimum atomic E-state index is 0.568. The number of pyridine rings is 1. The average molecular weight is 502 g/mol. The predicted molar refractivity (Wildman–Crippen MR) is 140 cm³/mol. The van der Waals surface area contributed by atoms with Gasteiger partial charge in [-0.1, -0.05) is 11.9 Å². The standard InChI is InChI=1S/C23H31N7O2S2/c1-15-17(14-29-6-4-24-5-7-29)20-21(34-15)19(26-23(27-20)30-8-10-32-11-9-30)16-12-18(28-33-3)22(31-2)25-13-16/h12-13,24,28H,4-11,14H2,1-3H3. The van der Waals surface area contributed by atoms with Crippen LogP contribution in [0, 0.1) is 6.92 Å². The van der Waals surface area contributed by atoms with Gasteiger partial charge in [-0.25, -0.2) is 15.0 Å². The van der Waals surface area contributed by atoms with Gasteiger partial charge < -0.3 is 24.4 Å². The van der Waals surface area contributed by atoms with Gasteiger partial charge in [-0.05, 0) is 13.0 Å². The Balaban J connectivity index is 1.64. The van der Waals surface area contributed by atoms with Gasteiger partial charge in [-0.3, -0.25) is 4.90 Å². The Hall–Kier alpha value is -2.18. The number of thiophene rings is 1. The normalized spacial score (nSPS) is 17.3. The number of aryl methyl sites for hydroxylation is 1. The largest absolute Gasteiger partial charge is 0.480 e. The summed E-state index contributed by atoms with van der Waals surface area (Å²) in [5, 5.41) is 3.45. The zero-order valence-corrected chi connectivity index (χ0v) is 21.5. The number of hydrogen-bond acceptors (Lipinski definition) is 11. The summed E-state index contributed by atoms with van der Waals surface area (Å²) in [5.41, 5.74) is 5.08. The second kappa shape index (κ2) is 10.6. The number of aromatic nitrogens is 3. The number of morpholine rings is 1. The summed E-state index contributed by atoms with van der Waals surface area (Å²) in [6.45, 7) is 10.3. The van der Waals surface area contributed by atoms with Crippen molar-refractivity contribution in [1.29, 1.82) is 0 Å². The topological polar surface area (TPSA) is 87.7 Å². The van der Waals surface area contributed by atoms with Crippen LogP contribution in [-0.4, -0.2) is 85.7 Å². The molecule has 0 spiro atoms. The van der Waals surface area contributed by atoms with Crippen molar-refractivity contribution in [3.8, 4) is 17.1 Å². The van der Waals surface area contributed by atoms with E-state index in [1.54, 1.807) is 18.4 Å². The number of anilines is 2. The predicted octanol–water partition coefficient (Wildman–Crippen LogP) is 3.00. The Labute approximate surface area is 208 Å². The van der Waals surface area contributed by atoms with Gasteiger partial charge in [0.05, 0.1) is 36.2 Å². The first kappa shape index (κ1) is 23.6. The smallest absolute Gasteiger partial charge is 0.237 e. The Bertz CT molecular complexity index is 1140. The third kappa shape index (κ3) is 4.80. The lowest BCUT2D eigenvalue weighted by Crippen LogP contribution is -2.43. The molecule has 2 aliphatic heterocycles. The van der Waals surface area contributed by atoms with Gasteiger partial charge in [-0.2, -0.15) is 0 Å². The monoisotopic (exact) mass is 501 g/mol. The highest BCUT2D eigenvalue weighted by Gasteiger charge is 2.24. The number of rotatable bonds is 7. The lowest BCUT2D eigenvalue weighted by Gasteiger charge is -2.28. The Kier molecular flexibility index (Phi) is 7.35. The van der Waals surface area contributed by atoms with Crippen molar-refractivity contribution in [2.45, 2.75) is 13.5 Å². The minimum absolute atomic E-state index is 0.568. The number of piperazine rings is 1. The zero-order chi connectivity index (χ0) is 23.5. The molecule has 0 radical (unpaired) electrons. The maximum absolute atomic E-state index is 5.58. The van der Waals surface area contributed by atoms with Crippen LogP contribution in [0.5, 0.6) is 5.88 Å². The van der Waals surface area contributed by atoms with Gasteiger partial charge in [0.1, 0.15) is 5.69 Å². The summed E-state index contributed by atoms with van der Waals surface area (Å²) < 4.78 is 15.4. The fourth-order valence-corrected chi connectivity index (χ4v) is 5.91. The van der Waals surface area contributed by atoms with Crippen molar-refractivity contribution in [3.63, 3.8) is 0 Å². The molecule has 0 aromatic carbocycles. The fraction of sp³-hybridized carbons (Fsp3) is 0.522. The van der Waals surface area contributed by atoms with Crippen molar-refractivity contribution < 1.29 is 9.47 Å². The van der Waals surface area contributed by atoms with Crippen LogP contribution in [-0.2, 0) is 11.3 Å². The van der Waals surface area contributed by atoms with Crippen LogP contribution in [0.15, 0.2) is 12.3 Å². The van der Waals surface area contributed by atoms with E-state index in [4.69, 9.17) is 19.4 Å². The van der Waals surface area contributed by atoms with Gasteiger partial charge in [-0.15, -0.1) is 11.3 Å². The third-order valence-corrected chi connectivity index (χ3v) is 7.80. The molecule has 5 heterocycles. The maximum atomic E-state index is 5.58. The summed E-state index contributed by atoms with van der Waals surface area (Å²) in [5.74, 6) is 1.33. The van der Waals surface area contributed by atoms with E-state index in [-0.39, 0.29) is 0 Å². The van der Waals surface area contributed by atoms with Crippen molar-refractivity contribution >= 4 is 45.1 Å². The molecule has 2 fully saturated rings. The molecule has 2 saturated heterocycles. The minimum Gasteiger partial charge on any atom is -0.480 e. The lowest BCUT2D eigenvalue weighted by molar-refractivity contribution is 0.122. The van der Waals surface area contributed by atoms with Crippen molar-refractivity contribution in [3.05, 3.63) is 22.7 Å². The first-order valence-electron chi connectivity index (χ1n) is 11.6. The second-order valence-corrected chi connectivity index (χ2v) is 10.2. The summed E-state index contributed by atoms with van der Waals surface area (Å²) in [6.07, 6.45) is 3.83. The molecular weight excluding hydrogens is 470 g/mol. The van der Waals surface area contributed by atoms with Crippen LogP contribution < -0.4 is 19.7 Å². The highest BCUT2D eigenvalue weighted by Crippen LogP contribution is 2.39. The van der Waals surface area contributed by atoms with E-state index in [1.165, 1.54) is 22.4 Å². The third-order valence-electron chi connectivity index (χ3n) is 6.23. The summed E-state index contributed by atoms with van der Waals surface area (Å²) in [7, 11) is 1.64. The number of methoxy groups -OCH3 is 1. The number of nitrogens with zero attached hydrogens (tertiary/aromatic N) is 5. The molecule has 0 saturated carbocycles. The molecule has 0 atom stereocenters. The quantitative estimate of drug-likeness (QED) is 0.471. The highest BCUT2D eigenvalue weighted by molar-refractivity contribution is 7.99. The van der Waals surface area contributed by atoms with Crippen molar-refractivity contribution in [1.82, 2.24) is 25.2 Å². The van der Waals surface area contributed by atoms with E-state index >= 15 is 0 Å². The Morgan fingerprint density at radius 1 is 1.21 bits per heavy atom. The van der Waals surface area contributed by atoms with E-state index in [0.29, 0.717) is 19.1 Å². The van der Waals surface area contributed by atoms with Crippen molar-refractivity contribution in [2.24, 2.45) is 0 Å².